The lowest BCUT2D eigenvalue weighted by molar-refractivity contribution is 0.102. The molecule has 7 heteroatoms. The number of hydrogen-bond donors (Lipinski definition) is 2. The van der Waals surface area contributed by atoms with Crippen LogP contribution in [0.25, 0.3) is 0 Å². The van der Waals surface area contributed by atoms with E-state index in [1.165, 1.54) is 12.4 Å². The van der Waals surface area contributed by atoms with Crippen LogP contribution >= 0.6 is 0 Å². The largest absolute Gasteiger partial charge is 0.454 e. The number of ether oxygens (including phenoxy) is 2. The lowest BCUT2D eigenvalue weighted by Gasteiger charge is -2.11. The van der Waals surface area contributed by atoms with Gasteiger partial charge in [0.25, 0.3) is 5.91 Å². The highest BCUT2D eigenvalue weighted by molar-refractivity contribution is 6.04. The number of fused-ring (bicyclic) bond motifs is 1. The number of nitrogens with one attached hydrogen (secondary N) is 2. The molecular weight excluding hydrogens is 344 g/mol. The number of para-hydroxylation sites is 1. The minimum Gasteiger partial charge on any atom is -0.454 e. The lowest BCUT2D eigenvalue weighted by atomic mass is 10.1. The predicted molar refractivity (Wildman–Crippen MR) is 102 cm³/mol. The minimum atomic E-state index is -0.299. The van der Waals surface area contributed by atoms with Gasteiger partial charge in [-0.25, -0.2) is 9.97 Å². The number of hydrogen-bond acceptors (Lipinski definition) is 6. The summed E-state index contributed by atoms with van der Waals surface area (Å²) >= 11 is 0. The van der Waals surface area contributed by atoms with Gasteiger partial charge in [-0.2, -0.15) is 0 Å². The summed E-state index contributed by atoms with van der Waals surface area (Å²) < 4.78 is 10.6. The van der Waals surface area contributed by atoms with Crippen molar-refractivity contribution < 1.29 is 14.3 Å². The third-order valence-corrected chi connectivity index (χ3v) is 4.26. The molecule has 27 heavy (non-hydrogen) atoms. The molecule has 4 rings (SSSR count). The van der Waals surface area contributed by atoms with Crippen molar-refractivity contribution in [2.75, 3.05) is 17.4 Å². The van der Waals surface area contributed by atoms with Crippen LogP contribution in [-0.2, 0) is 0 Å². The molecule has 1 amide bonds. The Bertz CT molecular complexity index is 982. The number of benzene rings is 2. The third kappa shape index (κ3) is 3.52. The van der Waals surface area contributed by atoms with E-state index in [1.807, 2.05) is 32.0 Å². The van der Waals surface area contributed by atoms with Crippen LogP contribution in [-0.4, -0.2) is 22.7 Å². The van der Waals surface area contributed by atoms with Gasteiger partial charge in [-0.05, 0) is 37.1 Å². The van der Waals surface area contributed by atoms with Crippen molar-refractivity contribution in [1.29, 1.82) is 0 Å². The number of nitrogens with zero attached hydrogens (tertiary/aromatic N) is 2. The standard InChI is InChI=1S/C20H18N4O3/c1-12-4-3-5-13(2)18(12)24-20-21-9-14(10-22-20)19(25)23-15-6-7-16-17(8-15)27-11-26-16/h3-10H,11H2,1-2H3,(H,23,25)(H,21,22,24). The maximum absolute atomic E-state index is 12.4. The number of carbonyl (C=O) groups excluding carboxylic acids is 1. The number of carbonyl (C=O) groups is 1. The average molecular weight is 362 g/mol. The zero-order valence-corrected chi connectivity index (χ0v) is 14.9. The molecule has 0 saturated carbocycles. The van der Waals surface area contributed by atoms with Crippen molar-refractivity contribution in [2.45, 2.75) is 13.8 Å². The Balaban J connectivity index is 1.46. The summed E-state index contributed by atoms with van der Waals surface area (Å²) in [5.74, 6) is 1.41. The Hall–Kier alpha value is -3.61. The molecule has 0 spiro atoms. The summed E-state index contributed by atoms with van der Waals surface area (Å²) in [7, 11) is 0. The van der Waals surface area contributed by atoms with E-state index in [2.05, 4.69) is 20.6 Å². The molecule has 0 radical (unpaired) electrons. The number of amides is 1. The minimum absolute atomic E-state index is 0.190. The second-order valence-electron chi connectivity index (χ2n) is 6.21. The van der Waals surface area contributed by atoms with E-state index in [1.54, 1.807) is 18.2 Å². The molecule has 136 valence electrons. The molecule has 7 nitrogen and oxygen atoms in total. The van der Waals surface area contributed by atoms with Crippen molar-refractivity contribution in [1.82, 2.24) is 9.97 Å². The van der Waals surface area contributed by atoms with Gasteiger partial charge in [-0.1, -0.05) is 18.2 Å². The first-order valence-corrected chi connectivity index (χ1v) is 8.46. The van der Waals surface area contributed by atoms with E-state index in [9.17, 15) is 4.79 Å². The molecule has 1 aliphatic heterocycles. The normalized spacial score (nSPS) is 11.9. The van der Waals surface area contributed by atoms with Gasteiger partial charge in [0.1, 0.15) is 0 Å². The Morgan fingerprint density at radius 2 is 1.70 bits per heavy atom. The zero-order valence-electron chi connectivity index (χ0n) is 14.9. The first-order chi connectivity index (χ1) is 13.1. The number of rotatable bonds is 4. The van der Waals surface area contributed by atoms with Crippen LogP contribution in [0.1, 0.15) is 21.5 Å². The van der Waals surface area contributed by atoms with Crippen LogP contribution in [0.15, 0.2) is 48.8 Å². The molecule has 2 N–H and O–H groups in total. The van der Waals surface area contributed by atoms with Gasteiger partial charge in [0, 0.05) is 29.8 Å². The van der Waals surface area contributed by atoms with Gasteiger partial charge in [-0.3, -0.25) is 4.79 Å². The summed E-state index contributed by atoms with van der Waals surface area (Å²) in [4.78, 5) is 20.9. The van der Waals surface area contributed by atoms with Gasteiger partial charge >= 0.3 is 0 Å². The SMILES string of the molecule is Cc1cccc(C)c1Nc1ncc(C(=O)Nc2ccc3c(c2)OCO3)cn1. The lowest BCUT2D eigenvalue weighted by Crippen LogP contribution is -2.13. The summed E-state index contributed by atoms with van der Waals surface area (Å²) in [6.45, 7) is 4.22. The highest BCUT2D eigenvalue weighted by Gasteiger charge is 2.15. The molecule has 0 aliphatic carbocycles. The second-order valence-corrected chi connectivity index (χ2v) is 6.21. The molecule has 0 atom stereocenters. The highest BCUT2D eigenvalue weighted by atomic mass is 16.7. The molecule has 0 bridgehead atoms. The fraction of sp³-hybridized carbons (Fsp3) is 0.150. The van der Waals surface area contributed by atoms with Gasteiger partial charge in [0.05, 0.1) is 5.56 Å². The Kier molecular flexibility index (Phi) is 4.33. The van der Waals surface area contributed by atoms with E-state index in [0.29, 0.717) is 28.7 Å². The van der Waals surface area contributed by atoms with Crippen LogP contribution in [0.3, 0.4) is 0 Å². The Morgan fingerprint density at radius 3 is 2.44 bits per heavy atom. The first kappa shape index (κ1) is 16.8. The maximum atomic E-state index is 12.4. The monoisotopic (exact) mass is 362 g/mol. The van der Waals surface area contributed by atoms with E-state index in [-0.39, 0.29) is 12.7 Å². The number of aryl methyl sites for hydroxylation is 2. The summed E-state index contributed by atoms with van der Waals surface area (Å²) in [6, 6.07) is 11.3. The summed E-state index contributed by atoms with van der Waals surface area (Å²) in [5.41, 5.74) is 4.14. The fourth-order valence-electron chi connectivity index (χ4n) is 2.81. The molecule has 0 saturated heterocycles. The predicted octanol–water partition coefficient (Wildman–Crippen LogP) is 3.82. The molecule has 0 unspecified atom stereocenters. The molecule has 3 aromatic rings. The average Bonchev–Trinajstić information content (AvgIpc) is 3.13. The molecule has 2 heterocycles. The Morgan fingerprint density at radius 1 is 1.00 bits per heavy atom. The number of aromatic nitrogens is 2. The van der Waals surface area contributed by atoms with E-state index in [0.717, 1.165) is 16.8 Å². The van der Waals surface area contributed by atoms with Crippen LogP contribution in [0.2, 0.25) is 0 Å². The van der Waals surface area contributed by atoms with Crippen molar-refractivity contribution >= 4 is 23.2 Å². The Labute approximate surface area is 156 Å². The first-order valence-electron chi connectivity index (χ1n) is 8.46. The van der Waals surface area contributed by atoms with Crippen molar-refractivity contribution in [2.24, 2.45) is 0 Å². The van der Waals surface area contributed by atoms with E-state index >= 15 is 0 Å². The van der Waals surface area contributed by atoms with Crippen molar-refractivity contribution in [3.63, 3.8) is 0 Å². The van der Waals surface area contributed by atoms with Crippen LogP contribution in [0.4, 0.5) is 17.3 Å². The van der Waals surface area contributed by atoms with Crippen molar-refractivity contribution in [3.05, 3.63) is 65.5 Å². The zero-order chi connectivity index (χ0) is 18.8. The summed E-state index contributed by atoms with van der Waals surface area (Å²) in [6.07, 6.45) is 2.98. The molecule has 2 aromatic carbocycles. The third-order valence-electron chi connectivity index (χ3n) is 4.26. The molecular formula is C20H18N4O3. The van der Waals surface area contributed by atoms with Crippen LogP contribution < -0.4 is 20.1 Å². The van der Waals surface area contributed by atoms with E-state index in [4.69, 9.17) is 9.47 Å². The van der Waals surface area contributed by atoms with Gasteiger partial charge < -0.3 is 20.1 Å². The van der Waals surface area contributed by atoms with Crippen LogP contribution in [0.5, 0.6) is 11.5 Å². The van der Waals surface area contributed by atoms with Gasteiger partial charge in [-0.15, -0.1) is 0 Å². The molecule has 1 aliphatic rings. The van der Waals surface area contributed by atoms with E-state index < -0.39 is 0 Å². The van der Waals surface area contributed by atoms with Gasteiger partial charge in [0.2, 0.25) is 12.7 Å². The second kappa shape index (κ2) is 6.95. The topological polar surface area (TPSA) is 85.4 Å². The van der Waals surface area contributed by atoms with Crippen molar-refractivity contribution in [3.8, 4) is 11.5 Å². The highest BCUT2D eigenvalue weighted by Crippen LogP contribution is 2.34. The molecule has 0 fully saturated rings. The quantitative estimate of drug-likeness (QED) is 0.734. The smallest absolute Gasteiger partial charge is 0.258 e. The summed E-state index contributed by atoms with van der Waals surface area (Å²) in [5, 5.41) is 6.00. The number of anilines is 3. The fourth-order valence-corrected chi connectivity index (χ4v) is 2.81. The molecule has 1 aromatic heterocycles. The van der Waals surface area contributed by atoms with Gasteiger partial charge in [0.15, 0.2) is 11.5 Å². The van der Waals surface area contributed by atoms with Crippen LogP contribution in [0, 0.1) is 13.8 Å². The maximum Gasteiger partial charge on any atom is 0.258 e.